The van der Waals surface area contributed by atoms with Crippen LogP contribution in [0.5, 0.6) is 5.75 Å². The van der Waals surface area contributed by atoms with Gasteiger partial charge >= 0.3 is 6.09 Å². The third-order valence-corrected chi connectivity index (χ3v) is 7.97. The summed E-state index contributed by atoms with van der Waals surface area (Å²) in [6, 6.07) is 3.38. The summed E-state index contributed by atoms with van der Waals surface area (Å²) >= 11 is 7.76. The molecule has 1 aliphatic carbocycles. The molecule has 3 atom stereocenters. The van der Waals surface area contributed by atoms with Gasteiger partial charge in [-0.2, -0.15) is 0 Å². The van der Waals surface area contributed by atoms with Crippen LogP contribution >= 0.6 is 22.9 Å². The zero-order valence-corrected chi connectivity index (χ0v) is 19.4. The van der Waals surface area contributed by atoms with Gasteiger partial charge in [0, 0.05) is 27.7 Å². The average Bonchev–Trinajstić information content (AvgIpc) is 3.30. The van der Waals surface area contributed by atoms with Crippen molar-refractivity contribution in [3.8, 4) is 5.75 Å². The van der Waals surface area contributed by atoms with Gasteiger partial charge in [0.25, 0.3) is 5.91 Å². The number of halogens is 1. The van der Waals surface area contributed by atoms with E-state index >= 15 is 0 Å². The maximum absolute atomic E-state index is 13.5. The van der Waals surface area contributed by atoms with Crippen molar-refractivity contribution in [1.29, 1.82) is 0 Å². The van der Waals surface area contributed by atoms with Crippen LogP contribution in [0.1, 0.15) is 49.5 Å². The van der Waals surface area contributed by atoms with Crippen molar-refractivity contribution in [1.82, 2.24) is 9.80 Å². The van der Waals surface area contributed by atoms with E-state index in [1.54, 1.807) is 18.1 Å². The first-order chi connectivity index (χ1) is 14.0. The number of nitrogens with zero attached hydrogens (tertiary/aromatic N) is 2. The Kier molecular flexibility index (Phi) is 5.18. The molecule has 1 saturated carbocycles. The Morgan fingerprint density at radius 3 is 2.60 bits per heavy atom. The average molecular weight is 451 g/mol. The molecule has 2 heterocycles. The number of likely N-dealkylation sites (tertiary alicyclic amines) is 1. The Hall–Kier alpha value is -1.99. The van der Waals surface area contributed by atoms with Crippen LogP contribution in [0.2, 0.25) is 4.34 Å². The lowest BCUT2D eigenvalue weighted by Gasteiger charge is -2.40. The number of carbonyl (C=O) groups is 2. The number of carbonyl (C=O) groups excluding carboxylic acids is 1. The molecule has 1 aromatic carbocycles. The summed E-state index contributed by atoms with van der Waals surface area (Å²) in [6.45, 7) is 8.26. The number of benzene rings is 1. The first-order valence-corrected chi connectivity index (χ1v) is 11.3. The normalized spacial score (nSPS) is 23.3. The lowest BCUT2D eigenvalue weighted by molar-refractivity contribution is 0.0503. The molecule has 30 heavy (non-hydrogen) atoms. The van der Waals surface area contributed by atoms with Crippen molar-refractivity contribution in [3.05, 3.63) is 27.6 Å². The summed E-state index contributed by atoms with van der Waals surface area (Å²) in [7, 11) is 1.59. The Morgan fingerprint density at radius 1 is 1.30 bits per heavy atom. The molecule has 0 spiro atoms. The number of carboxylic acid groups (broad SMARTS) is 1. The number of hydrogen-bond donors (Lipinski definition) is 1. The molecule has 2 fully saturated rings. The van der Waals surface area contributed by atoms with Gasteiger partial charge in [-0.15, -0.1) is 11.3 Å². The second-order valence-electron chi connectivity index (χ2n) is 9.23. The van der Waals surface area contributed by atoms with E-state index in [1.807, 2.05) is 38.7 Å². The van der Waals surface area contributed by atoms with Gasteiger partial charge in [0.15, 0.2) is 0 Å². The predicted molar refractivity (Wildman–Crippen MR) is 119 cm³/mol. The number of fused-ring (bicyclic) bond motifs is 3. The van der Waals surface area contributed by atoms with Crippen molar-refractivity contribution in [2.45, 2.75) is 58.2 Å². The number of rotatable bonds is 3. The molecule has 1 N–H and O–H groups in total. The number of thiophene rings is 1. The van der Waals surface area contributed by atoms with Crippen LogP contribution in [0, 0.1) is 12.8 Å². The van der Waals surface area contributed by atoms with Crippen LogP contribution in [0.4, 0.5) is 4.79 Å². The Bertz CT molecular complexity index is 1030. The molecule has 1 aromatic heterocycles. The molecule has 2 amide bonds. The summed E-state index contributed by atoms with van der Waals surface area (Å²) in [5.74, 6) is 0.728. The summed E-state index contributed by atoms with van der Waals surface area (Å²) in [5, 5.41) is 10.8. The number of amides is 2. The molecule has 162 valence electrons. The zero-order chi connectivity index (χ0) is 22.0. The minimum atomic E-state index is -0.925. The third-order valence-electron chi connectivity index (χ3n) is 6.43. The third kappa shape index (κ3) is 3.23. The van der Waals surface area contributed by atoms with Crippen molar-refractivity contribution < 1.29 is 19.4 Å². The van der Waals surface area contributed by atoms with Gasteiger partial charge in [-0.25, -0.2) is 4.79 Å². The molecule has 4 rings (SSSR count). The van der Waals surface area contributed by atoms with Gasteiger partial charge in [-0.1, -0.05) is 11.6 Å². The molecule has 0 radical (unpaired) electrons. The van der Waals surface area contributed by atoms with Gasteiger partial charge < -0.3 is 14.7 Å². The van der Waals surface area contributed by atoms with E-state index in [9.17, 15) is 14.7 Å². The van der Waals surface area contributed by atoms with Crippen LogP contribution in [0.3, 0.4) is 0 Å². The van der Waals surface area contributed by atoms with Gasteiger partial charge in [0.2, 0.25) is 0 Å². The molecule has 6 nitrogen and oxygen atoms in total. The van der Waals surface area contributed by atoms with Crippen LogP contribution in [0.15, 0.2) is 12.1 Å². The smallest absolute Gasteiger partial charge is 0.408 e. The fourth-order valence-electron chi connectivity index (χ4n) is 5.21. The molecule has 2 unspecified atom stereocenters. The highest BCUT2D eigenvalue weighted by molar-refractivity contribution is 7.23. The Labute approximate surface area is 185 Å². The topological polar surface area (TPSA) is 70.1 Å². The monoisotopic (exact) mass is 450 g/mol. The fourth-order valence-corrected chi connectivity index (χ4v) is 6.54. The van der Waals surface area contributed by atoms with E-state index in [0.29, 0.717) is 22.2 Å². The Balaban J connectivity index is 1.69. The van der Waals surface area contributed by atoms with Gasteiger partial charge in [-0.3, -0.25) is 9.69 Å². The second-order valence-corrected chi connectivity index (χ2v) is 10.9. The SMILES string of the molecule is COc1cc(C(=O)N2CC3CCC2[C@@H]3N(C(=O)O)C(C)(C)C)cc2sc(Cl)c(C)c12. The van der Waals surface area contributed by atoms with E-state index in [4.69, 9.17) is 16.3 Å². The quantitative estimate of drug-likeness (QED) is 0.693. The van der Waals surface area contributed by atoms with Crippen LogP contribution < -0.4 is 4.74 Å². The van der Waals surface area contributed by atoms with E-state index in [-0.39, 0.29) is 23.9 Å². The van der Waals surface area contributed by atoms with E-state index < -0.39 is 11.6 Å². The standard InChI is InChI=1S/C22H27ClN2O4S/c1-11-17-15(29-5)8-13(9-16(17)30-19(11)23)20(26)24-10-12-6-7-14(24)18(12)25(21(27)28)22(2,3)4/h8-9,12,14,18H,6-7,10H2,1-5H3,(H,27,28)/t12?,14?,18-/m1/s1. The van der Waals surface area contributed by atoms with Gasteiger partial charge in [0.05, 0.1) is 23.5 Å². The maximum Gasteiger partial charge on any atom is 0.408 e. The summed E-state index contributed by atoms with van der Waals surface area (Å²) < 4.78 is 7.17. The van der Waals surface area contributed by atoms with Gasteiger partial charge in [0.1, 0.15) is 5.75 Å². The van der Waals surface area contributed by atoms with Crippen LogP contribution in [-0.2, 0) is 0 Å². The number of piperidine rings is 1. The molecule has 1 saturated heterocycles. The van der Waals surface area contributed by atoms with Gasteiger partial charge in [-0.05, 0) is 64.2 Å². The first-order valence-electron chi connectivity index (χ1n) is 10.1. The first kappa shape index (κ1) is 21.2. The minimum absolute atomic E-state index is 0.0752. The molecule has 2 aliphatic rings. The molecular weight excluding hydrogens is 424 g/mol. The highest BCUT2D eigenvalue weighted by Crippen LogP contribution is 2.45. The van der Waals surface area contributed by atoms with Crippen LogP contribution in [-0.4, -0.2) is 58.2 Å². The highest BCUT2D eigenvalue weighted by Gasteiger charge is 2.54. The van der Waals surface area contributed by atoms with E-state index in [0.717, 1.165) is 28.5 Å². The number of methoxy groups -OCH3 is 1. The lowest BCUT2D eigenvalue weighted by atomic mass is 9.98. The molecule has 8 heteroatoms. The number of ether oxygens (including phenoxy) is 1. The maximum atomic E-state index is 13.5. The lowest BCUT2D eigenvalue weighted by Crippen LogP contribution is -2.55. The fraction of sp³-hybridized carbons (Fsp3) is 0.545. The number of hydrogen-bond acceptors (Lipinski definition) is 4. The van der Waals surface area contributed by atoms with Crippen molar-refractivity contribution in [2.24, 2.45) is 5.92 Å². The van der Waals surface area contributed by atoms with Crippen molar-refractivity contribution in [3.63, 3.8) is 0 Å². The predicted octanol–water partition coefficient (Wildman–Crippen LogP) is 5.25. The second kappa shape index (κ2) is 7.31. The van der Waals surface area contributed by atoms with Crippen molar-refractivity contribution >= 4 is 45.0 Å². The molecule has 2 aromatic rings. The summed E-state index contributed by atoms with van der Waals surface area (Å²) in [4.78, 5) is 29.0. The molecular formula is C22H27ClN2O4S. The van der Waals surface area contributed by atoms with E-state index in [1.165, 1.54) is 11.3 Å². The Morgan fingerprint density at radius 2 is 2.00 bits per heavy atom. The van der Waals surface area contributed by atoms with E-state index in [2.05, 4.69) is 0 Å². The largest absolute Gasteiger partial charge is 0.496 e. The van der Waals surface area contributed by atoms with Crippen LogP contribution in [0.25, 0.3) is 10.1 Å². The molecule has 1 aliphatic heterocycles. The number of aryl methyl sites for hydroxylation is 1. The summed E-state index contributed by atoms with van der Waals surface area (Å²) in [6.07, 6.45) is 0.844. The zero-order valence-electron chi connectivity index (χ0n) is 17.9. The summed E-state index contributed by atoms with van der Waals surface area (Å²) in [5.41, 5.74) is 0.986. The molecule has 2 bridgehead atoms. The minimum Gasteiger partial charge on any atom is -0.496 e. The van der Waals surface area contributed by atoms with Crippen molar-refractivity contribution in [2.75, 3.05) is 13.7 Å². The highest BCUT2D eigenvalue weighted by atomic mass is 35.5.